The monoisotopic (exact) mass is 345 g/mol. The number of aromatic nitrogens is 1. The van der Waals surface area contributed by atoms with E-state index in [1.54, 1.807) is 0 Å². The van der Waals surface area contributed by atoms with Crippen LogP contribution in [-0.4, -0.2) is 14.1 Å². The molecule has 4 aromatic rings. The third kappa shape index (κ3) is 2.81. The minimum absolute atomic E-state index is 1.25. The van der Waals surface area contributed by atoms with Crippen molar-refractivity contribution in [2.24, 2.45) is 7.05 Å². The molecule has 1 aromatic heterocycles. The fraction of sp³-hybridized carbons (Fsp3) is 0.136. The summed E-state index contributed by atoms with van der Waals surface area (Å²) in [5.41, 5.74) is 3.78. The van der Waals surface area contributed by atoms with Crippen LogP contribution in [0.2, 0.25) is 0 Å². The number of rotatable bonds is 3. The highest BCUT2D eigenvalue weighted by Gasteiger charge is 2.13. The molecule has 1 heterocycles. The Morgan fingerprint density at radius 1 is 0.840 bits per heavy atom. The molecule has 0 saturated heterocycles. The number of benzene rings is 3. The standard InChI is InChI=1S/C22H21N2S/c1-23(2)19-14-12-16(17-8-4-5-9-18(17)19)13-15-22-24(3)20-10-6-7-11-21(20)25-22/h4-15H,1-3H3/q+1. The van der Waals surface area contributed by atoms with Crippen LogP contribution in [0, 0.1) is 0 Å². The van der Waals surface area contributed by atoms with E-state index in [2.05, 4.69) is 103 Å². The summed E-state index contributed by atoms with van der Waals surface area (Å²) in [5.74, 6) is 0. The van der Waals surface area contributed by atoms with Crippen LogP contribution in [0.25, 0.3) is 33.1 Å². The van der Waals surface area contributed by atoms with Crippen LogP contribution < -0.4 is 9.47 Å². The Hall–Kier alpha value is -2.65. The number of hydrogen-bond donors (Lipinski definition) is 0. The van der Waals surface area contributed by atoms with Crippen LogP contribution >= 0.6 is 11.3 Å². The molecule has 0 saturated carbocycles. The normalized spacial score (nSPS) is 11.6. The minimum Gasteiger partial charge on any atom is -0.377 e. The smallest absolute Gasteiger partial charge is 0.262 e. The van der Waals surface area contributed by atoms with Crippen LogP contribution in [0.4, 0.5) is 5.69 Å². The van der Waals surface area contributed by atoms with E-state index in [0.717, 1.165) is 0 Å². The van der Waals surface area contributed by atoms with E-state index in [1.807, 2.05) is 11.3 Å². The molecule has 0 bridgehead atoms. The molecule has 0 spiro atoms. The number of para-hydroxylation sites is 1. The number of anilines is 1. The molecule has 0 N–H and O–H groups in total. The van der Waals surface area contributed by atoms with Gasteiger partial charge in [-0.2, -0.15) is 4.57 Å². The zero-order valence-electron chi connectivity index (χ0n) is 14.7. The second kappa shape index (κ2) is 6.34. The molecule has 3 heteroatoms. The van der Waals surface area contributed by atoms with Gasteiger partial charge < -0.3 is 4.90 Å². The Morgan fingerprint density at radius 2 is 1.56 bits per heavy atom. The van der Waals surface area contributed by atoms with Crippen LogP contribution in [0.1, 0.15) is 10.6 Å². The van der Waals surface area contributed by atoms with Crippen LogP contribution in [0.15, 0.2) is 60.7 Å². The molecule has 0 radical (unpaired) electrons. The molecule has 0 fully saturated rings. The van der Waals surface area contributed by atoms with Crippen molar-refractivity contribution in [3.05, 3.63) is 71.2 Å². The molecule has 25 heavy (non-hydrogen) atoms. The lowest BCUT2D eigenvalue weighted by Gasteiger charge is -2.16. The second-order valence-corrected chi connectivity index (χ2v) is 7.48. The molecule has 4 rings (SSSR count). The maximum Gasteiger partial charge on any atom is 0.262 e. The highest BCUT2D eigenvalue weighted by Crippen LogP contribution is 2.30. The lowest BCUT2D eigenvalue weighted by molar-refractivity contribution is -0.642. The van der Waals surface area contributed by atoms with Crippen molar-refractivity contribution < 1.29 is 4.57 Å². The first-order valence-electron chi connectivity index (χ1n) is 8.40. The Balaban J connectivity index is 1.81. The van der Waals surface area contributed by atoms with E-state index in [-0.39, 0.29) is 0 Å². The predicted octanol–water partition coefficient (Wildman–Crippen LogP) is 5.12. The number of aryl methyl sites for hydroxylation is 1. The summed E-state index contributed by atoms with van der Waals surface area (Å²) in [7, 11) is 6.31. The van der Waals surface area contributed by atoms with Crippen molar-refractivity contribution in [2.45, 2.75) is 0 Å². The highest BCUT2D eigenvalue weighted by atomic mass is 32.1. The fourth-order valence-electron chi connectivity index (χ4n) is 3.27. The van der Waals surface area contributed by atoms with Gasteiger partial charge in [0.15, 0.2) is 0 Å². The Kier molecular flexibility index (Phi) is 4.02. The zero-order chi connectivity index (χ0) is 17.4. The molecular weight excluding hydrogens is 324 g/mol. The first kappa shape index (κ1) is 15.9. The van der Waals surface area contributed by atoms with Crippen molar-refractivity contribution in [3.63, 3.8) is 0 Å². The lowest BCUT2D eigenvalue weighted by atomic mass is 10.0. The van der Waals surface area contributed by atoms with Gasteiger partial charge in [-0.1, -0.05) is 53.8 Å². The molecule has 124 valence electrons. The van der Waals surface area contributed by atoms with Gasteiger partial charge in [0.05, 0.1) is 0 Å². The summed E-state index contributed by atoms with van der Waals surface area (Å²) >= 11 is 1.82. The molecule has 0 unspecified atom stereocenters. The maximum atomic E-state index is 2.26. The molecule has 3 aromatic carbocycles. The van der Waals surface area contributed by atoms with E-state index in [1.165, 1.54) is 37.2 Å². The Bertz CT molecular complexity index is 1090. The van der Waals surface area contributed by atoms with Gasteiger partial charge in [-0.15, -0.1) is 0 Å². The number of fused-ring (bicyclic) bond motifs is 2. The quantitative estimate of drug-likeness (QED) is 0.468. The highest BCUT2D eigenvalue weighted by molar-refractivity contribution is 7.18. The summed E-state index contributed by atoms with van der Waals surface area (Å²) in [6.45, 7) is 0. The average Bonchev–Trinajstić information content (AvgIpc) is 2.95. The van der Waals surface area contributed by atoms with Crippen LogP contribution in [0.5, 0.6) is 0 Å². The summed E-state index contributed by atoms with van der Waals surface area (Å²) < 4.78 is 3.57. The van der Waals surface area contributed by atoms with Crippen molar-refractivity contribution in [1.82, 2.24) is 0 Å². The number of thiazole rings is 1. The predicted molar refractivity (Wildman–Crippen MR) is 110 cm³/mol. The summed E-state index contributed by atoms with van der Waals surface area (Å²) in [6.07, 6.45) is 4.45. The van der Waals surface area contributed by atoms with E-state index in [0.29, 0.717) is 0 Å². The number of hydrogen-bond acceptors (Lipinski definition) is 2. The van der Waals surface area contributed by atoms with E-state index >= 15 is 0 Å². The molecule has 0 atom stereocenters. The van der Waals surface area contributed by atoms with Gasteiger partial charge >= 0.3 is 0 Å². The molecule has 0 aliphatic heterocycles. The van der Waals surface area contributed by atoms with Gasteiger partial charge in [-0.25, -0.2) is 0 Å². The van der Waals surface area contributed by atoms with Crippen LogP contribution in [0.3, 0.4) is 0 Å². The van der Waals surface area contributed by atoms with Gasteiger partial charge in [-0.05, 0) is 29.2 Å². The maximum absolute atomic E-state index is 2.26. The molecule has 0 aliphatic rings. The summed E-state index contributed by atoms with van der Waals surface area (Å²) in [6, 6.07) is 21.6. The van der Waals surface area contributed by atoms with Crippen LogP contribution in [-0.2, 0) is 7.05 Å². The minimum atomic E-state index is 1.25. The number of nitrogens with zero attached hydrogens (tertiary/aromatic N) is 2. The van der Waals surface area contributed by atoms with E-state index < -0.39 is 0 Å². The Morgan fingerprint density at radius 3 is 2.32 bits per heavy atom. The second-order valence-electron chi connectivity index (χ2n) is 6.41. The van der Waals surface area contributed by atoms with Gasteiger partial charge in [0.1, 0.15) is 11.7 Å². The third-order valence-corrected chi connectivity index (χ3v) is 5.78. The zero-order valence-corrected chi connectivity index (χ0v) is 15.5. The lowest BCUT2D eigenvalue weighted by Crippen LogP contribution is -2.28. The molecule has 0 aliphatic carbocycles. The average molecular weight is 345 g/mol. The molecule has 0 amide bonds. The van der Waals surface area contributed by atoms with E-state index in [4.69, 9.17) is 0 Å². The van der Waals surface area contributed by atoms with Gasteiger partial charge in [-0.3, -0.25) is 0 Å². The summed E-state index contributed by atoms with van der Waals surface area (Å²) in [4.78, 5) is 2.17. The van der Waals surface area contributed by atoms with Gasteiger partial charge in [0.2, 0.25) is 5.52 Å². The Labute approximate surface area is 152 Å². The van der Waals surface area contributed by atoms with Gasteiger partial charge in [0.25, 0.3) is 5.01 Å². The van der Waals surface area contributed by atoms with Gasteiger partial charge in [0, 0.05) is 37.3 Å². The van der Waals surface area contributed by atoms with Crippen molar-refractivity contribution >= 4 is 50.2 Å². The van der Waals surface area contributed by atoms with Crippen molar-refractivity contribution in [1.29, 1.82) is 0 Å². The third-order valence-electron chi connectivity index (χ3n) is 4.59. The largest absolute Gasteiger partial charge is 0.377 e. The molecule has 2 nitrogen and oxygen atoms in total. The van der Waals surface area contributed by atoms with Crippen molar-refractivity contribution in [3.8, 4) is 0 Å². The van der Waals surface area contributed by atoms with E-state index in [9.17, 15) is 0 Å². The SMILES string of the molecule is CN(C)c1ccc(/C=C/c2sc3ccccc3[n+]2C)c2ccccc12. The fourth-order valence-corrected chi connectivity index (χ4v) is 4.32. The summed E-state index contributed by atoms with van der Waals surface area (Å²) in [5, 5.41) is 3.83. The first-order valence-corrected chi connectivity index (χ1v) is 9.21. The first-order chi connectivity index (χ1) is 12.1. The van der Waals surface area contributed by atoms with Crippen molar-refractivity contribution in [2.75, 3.05) is 19.0 Å². The molecular formula is C22H21N2S+. The topological polar surface area (TPSA) is 7.12 Å².